The van der Waals surface area contributed by atoms with Crippen LogP contribution in [0.1, 0.15) is 27.7 Å². The molecule has 2 fully saturated rings. The molecule has 0 amide bonds. The summed E-state index contributed by atoms with van der Waals surface area (Å²) in [5, 5.41) is 12.8. The molecule has 2 aliphatic heterocycles. The van der Waals surface area contributed by atoms with Crippen LogP contribution in [0.3, 0.4) is 0 Å². The molecule has 0 aromatic heterocycles. The molecule has 2 rings (SSSR count). The van der Waals surface area contributed by atoms with Crippen LogP contribution >= 0.6 is 0 Å². The number of carboxylic acid groups (broad SMARTS) is 1. The number of nitrogens with zero attached hydrogens (tertiary/aromatic N) is 3. The summed E-state index contributed by atoms with van der Waals surface area (Å²) in [6, 6.07) is 0. The highest BCUT2D eigenvalue weighted by molar-refractivity contribution is 5.73. The number of hydrogen-bond donors (Lipinski definition) is 1. The summed E-state index contributed by atoms with van der Waals surface area (Å²) in [5.41, 5.74) is 8.44. The first-order valence-corrected chi connectivity index (χ1v) is 6.60. The molecule has 0 saturated carbocycles. The molecule has 1 N–H and O–H groups in total. The average molecular weight is 301 g/mol. The topological polar surface area (TPSA) is 123 Å². The molecule has 0 aromatic carbocycles. The highest BCUT2D eigenvalue weighted by Crippen LogP contribution is 2.38. The number of hydrogen-bond acceptors (Lipinski definition) is 6. The van der Waals surface area contributed by atoms with Gasteiger partial charge in [-0.15, -0.1) is 0 Å². The lowest BCUT2D eigenvalue weighted by molar-refractivity contribution is -0.175. The molecule has 0 bridgehead atoms. The first-order chi connectivity index (χ1) is 9.65. The fourth-order valence-corrected chi connectivity index (χ4v) is 2.62. The standard InChI is InChI=1S/C12H19N3O6/c1-11(2)18-6(5-14-15-13)7(19-11)8-9(10(16)17)21-12(3,4)20-8/h6-9H,5H2,1-4H3,(H,16,17)/t6?,7-,8-,9?/m0/s1. The Morgan fingerprint density at radius 3 is 2.29 bits per heavy atom. The number of carboxylic acids is 1. The van der Waals surface area contributed by atoms with Gasteiger partial charge in [-0.3, -0.25) is 0 Å². The monoisotopic (exact) mass is 301 g/mol. The Bertz CT molecular complexity index is 474. The maximum Gasteiger partial charge on any atom is 0.335 e. The molecular weight excluding hydrogens is 282 g/mol. The van der Waals surface area contributed by atoms with E-state index in [1.165, 1.54) is 0 Å². The average Bonchev–Trinajstić information content (AvgIpc) is 2.83. The van der Waals surface area contributed by atoms with Gasteiger partial charge in [-0.25, -0.2) is 4.79 Å². The van der Waals surface area contributed by atoms with Crippen LogP contribution in [0.2, 0.25) is 0 Å². The minimum Gasteiger partial charge on any atom is -0.479 e. The van der Waals surface area contributed by atoms with Gasteiger partial charge in [-0.1, -0.05) is 5.11 Å². The van der Waals surface area contributed by atoms with E-state index in [4.69, 9.17) is 24.5 Å². The van der Waals surface area contributed by atoms with E-state index >= 15 is 0 Å². The molecule has 4 atom stereocenters. The van der Waals surface area contributed by atoms with E-state index in [1.54, 1.807) is 27.7 Å². The number of azide groups is 1. The largest absolute Gasteiger partial charge is 0.479 e. The number of ether oxygens (including phenoxy) is 4. The van der Waals surface area contributed by atoms with Crippen molar-refractivity contribution in [2.75, 3.05) is 6.54 Å². The lowest BCUT2D eigenvalue weighted by Gasteiger charge is -2.24. The summed E-state index contributed by atoms with van der Waals surface area (Å²) in [6.07, 6.45) is -3.32. The van der Waals surface area contributed by atoms with Gasteiger partial charge in [0.25, 0.3) is 0 Å². The van der Waals surface area contributed by atoms with Gasteiger partial charge in [0.2, 0.25) is 0 Å². The van der Waals surface area contributed by atoms with E-state index in [9.17, 15) is 9.90 Å². The summed E-state index contributed by atoms with van der Waals surface area (Å²) in [5.74, 6) is -3.09. The molecule has 9 heteroatoms. The molecule has 0 spiro atoms. The lowest BCUT2D eigenvalue weighted by atomic mass is 10.0. The Balaban J connectivity index is 2.24. The van der Waals surface area contributed by atoms with Crippen molar-refractivity contribution in [3.63, 3.8) is 0 Å². The van der Waals surface area contributed by atoms with Crippen LogP contribution in [0.25, 0.3) is 10.4 Å². The minimum absolute atomic E-state index is 0.0250. The van der Waals surface area contributed by atoms with Crippen LogP contribution in [0.15, 0.2) is 5.11 Å². The normalized spacial score (nSPS) is 37.1. The van der Waals surface area contributed by atoms with Gasteiger partial charge in [0.1, 0.15) is 12.2 Å². The van der Waals surface area contributed by atoms with Crippen LogP contribution in [-0.4, -0.2) is 53.6 Å². The van der Waals surface area contributed by atoms with Gasteiger partial charge in [0.15, 0.2) is 17.7 Å². The van der Waals surface area contributed by atoms with Gasteiger partial charge in [0.05, 0.1) is 12.6 Å². The van der Waals surface area contributed by atoms with Crippen LogP contribution in [0, 0.1) is 0 Å². The first kappa shape index (κ1) is 16.0. The van der Waals surface area contributed by atoms with Gasteiger partial charge >= 0.3 is 5.97 Å². The van der Waals surface area contributed by atoms with Gasteiger partial charge in [-0.05, 0) is 33.2 Å². The molecule has 21 heavy (non-hydrogen) atoms. The van der Waals surface area contributed by atoms with Crippen molar-refractivity contribution in [3.05, 3.63) is 10.4 Å². The van der Waals surface area contributed by atoms with Gasteiger partial charge < -0.3 is 24.1 Å². The summed E-state index contributed by atoms with van der Waals surface area (Å²) < 4.78 is 22.5. The predicted molar refractivity (Wildman–Crippen MR) is 69.3 cm³/mol. The highest BCUT2D eigenvalue weighted by Gasteiger charge is 2.55. The van der Waals surface area contributed by atoms with Crippen molar-refractivity contribution < 1.29 is 28.8 Å². The molecule has 9 nitrogen and oxygen atoms in total. The highest BCUT2D eigenvalue weighted by atomic mass is 16.8. The third-order valence-corrected chi connectivity index (χ3v) is 3.24. The fourth-order valence-electron chi connectivity index (χ4n) is 2.62. The third-order valence-electron chi connectivity index (χ3n) is 3.24. The van der Waals surface area contributed by atoms with Crippen LogP contribution in [-0.2, 0) is 23.7 Å². The third kappa shape index (κ3) is 3.45. The smallest absolute Gasteiger partial charge is 0.335 e. The molecular formula is C12H19N3O6. The van der Waals surface area contributed by atoms with Crippen LogP contribution in [0.4, 0.5) is 0 Å². The molecule has 0 aromatic rings. The molecule has 0 aliphatic carbocycles. The van der Waals surface area contributed by atoms with E-state index in [-0.39, 0.29) is 6.54 Å². The lowest BCUT2D eigenvalue weighted by Crippen LogP contribution is -2.45. The maximum absolute atomic E-state index is 11.4. The second-order valence-electron chi connectivity index (χ2n) is 5.91. The van der Waals surface area contributed by atoms with E-state index in [1.807, 2.05) is 0 Å². The fraction of sp³-hybridized carbons (Fsp3) is 0.917. The van der Waals surface area contributed by atoms with E-state index in [2.05, 4.69) is 10.0 Å². The van der Waals surface area contributed by atoms with E-state index < -0.39 is 42.0 Å². The molecule has 2 unspecified atom stereocenters. The zero-order valence-corrected chi connectivity index (χ0v) is 12.3. The van der Waals surface area contributed by atoms with Crippen molar-refractivity contribution in [2.24, 2.45) is 5.11 Å². The van der Waals surface area contributed by atoms with Gasteiger partial charge in [0, 0.05) is 4.91 Å². The number of carbonyl (C=O) groups is 1. The summed E-state index contributed by atoms with van der Waals surface area (Å²) in [6.45, 7) is 6.69. The van der Waals surface area contributed by atoms with Crippen molar-refractivity contribution >= 4 is 5.97 Å². The Morgan fingerprint density at radius 1 is 1.14 bits per heavy atom. The van der Waals surface area contributed by atoms with Crippen molar-refractivity contribution in [1.82, 2.24) is 0 Å². The van der Waals surface area contributed by atoms with Crippen LogP contribution in [0.5, 0.6) is 0 Å². The Hall–Kier alpha value is -1.38. The zero-order chi connectivity index (χ0) is 15.8. The van der Waals surface area contributed by atoms with Crippen LogP contribution < -0.4 is 0 Å². The Labute approximate surface area is 121 Å². The summed E-state index contributed by atoms with van der Waals surface area (Å²) >= 11 is 0. The number of aliphatic carboxylic acids is 1. The SMILES string of the molecule is CC1(C)OC(C(=O)O)[C@H]([C@H]2OC(C)(C)OC2CN=[N+]=[N-])O1. The zero-order valence-electron chi connectivity index (χ0n) is 12.3. The van der Waals surface area contributed by atoms with E-state index in [0.717, 1.165) is 0 Å². The molecule has 0 radical (unpaired) electrons. The second-order valence-corrected chi connectivity index (χ2v) is 5.91. The summed E-state index contributed by atoms with van der Waals surface area (Å²) in [7, 11) is 0. The molecule has 118 valence electrons. The van der Waals surface area contributed by atoms with Gasteiger partial charge in [-0.2, -0.15) is 0 Å². The van der Waals surface area contributed by atoms with E-state index in [0.29, 0.717) is 0 Å². The molecule has 2 aliphatic rings. The van der Waals surface area contributed by atoms with Crippen molar-refractivity contribution in [2.45, 2.75) is 63.7 Å². The second kappa shape index (κ2) is 5.43. The molecule has 2 saturated heterocycles. The Kier molecular flexibility index (Phi) is 4.14. The maximum atomic E-state index is 11.4. The molecule has 2 heterocycles. The quantitative estimate of drug-likeness (QED) is 0.476. The number of rotatable bonds is 4. The van der Waals surface area contributed by atoms with Crippen molar-refractivity contribution in [3.8, 4) is 0 Å². The predicted octanol–water partition coefficient (Wildman–Crippen LogP) is 1.42. The van der Waals surface area contributed by atoms with Crippen molar-refractivity contribution in [1.29, 1.82) is 0 Å². The first-order valence-electron chi connectivity index (χ1n) is 6.60. The minimum atomic E-state index is -1.17. The summed E-state index contributed by atoms with van der Waals surface area (Å²) in [4.78, 5) is 14.0. The Morgan fingerprint density at radius 2 is 1.71 bits per heavy atom.